The van der Waals surface area contributed by atoms with Crippen molar-refractivity contribution in [3.8, 4) is 5.75 Å². The van der Waals surface area contributed by atoms with Crippen LogP contribution in [0, 0.1) is 11.7 Å². The lowest BCUT2D eigenvalue weighted by Crippen LogP contribution is -2.42. The molecule has 96 valence electrons. The molecule has 1 fully saturated rings. The summed E-state index contributed by atoms with van der Waals surface area (Å²) in [6, 6.07) is 2.04. The Balaban J connectivity index is 2.15. The SMILES string of the molecule is O=C(N[C@H](C(=O)O)C1CC1)c1cc(O)ccc1F. The van der Waals surface area contributed by atoms with E-state index in [4.69, 9.17) is 5.11 Å². The van der Waals surface area contributed by atoms with E-state index in [1.807, 2.05) is 0 Å². The number of aromatic hydroxyl groups is 1. The summed E-state index contributed by atoms with van der Waals surface area (Å²) in [6.45, 7) is 0. The zero-order valence-electron chi connectivity index (χ0n) is 9.39. The molecule has 1 aromatic carbocycles. The van der Waals surface area contributed by atoms with Crippen LogP contribution in [-0.2, 0) is 4.79 Å². The Kier molecular flexibility index (Phi) is 3.18. The molecular weight excluding hydrogens is 241 g/mol. The molecule has 1 saturated carbocycles. The van der Waals surface area contributed by atoms with Gasteiger partial charge in [0.2, 0.25) is 0 Å². The van der Waals surface area contributed by atoms with Crippen molar-refractivity contribution in [3.63, 3.8) is 0 Å². The van der Waals surface area contributed by atoms with Crippen LogP contribution in [0.25, 0.3) is 0 Å². The maximum atomic E-state index is 13.4. The molecule has 3 N–H and O–H groups in total. The Morgan fingerprint density at radius 1 is 1.39 bits per heavy atom. The first-order valence-corrected chi connectivity index (χ1v) is 5.51. The number of nitrogens with one attached hydrogen (secondary N) is 1. The van der Waals surface area contributed by atoms with E-state index >= 15 is 0 Å². The van der Waals surface area contributed by atoms with Gasteiger partial charge in [-0.3, -0.25) is 4.79 Å². The van der Waals surface area contributed by atoms with E-state index in [0.29, 0.717) is 0 Å². The zero-order valence-corrected chi connectivity index (χ0v) is 9.39. The summed E-state index contributed by atoms with van der Waals surface area (Å²) < 4.78 is 13.4. The second-order valence-electron chi connectivity index (χ2n) is 4.29. The minimum Gasteiger partial charge on any atom is -0.508 e. The molecule has 1 aliphatic carbocycles. The summed E-state index contributed by atoms with van der Waals surface area (Å²) in [5, 5.41) is 20.4. The van der Waals surface area contributed by atoms with Gasteiger partial charge in [-0.25, -0.2) is 9.18 Å². The first-order chi connectivity index (χ1) is 8.49. The van der Waals surface area contributed by atoms with E-state index in [1.165, 1.54) is 0 Å². The Hall–Kier alpha value is -2.11. The van der Waals surface area contributed by atoms with Gasteiger partial charge in [-0.2, -0.15) is 0 Å². The molecule has 1 aliphatic rings. The molecule has 0 unspecified atom stereocenters. The quantitative estimate of drug-likeness (QED) is 0.750. The van der Waals surface area contributed by atoms with Crippen molar-refractivity contribution in [1.29, 1.82) is 0 Å². The number of phenols is 1. The zero-order chi connectivity index (χ0) is 13.3. The van der Waals surface area contributed by atoms with Crippen LogP contribution in [0.1, 0.15) is 23.2 Å². The van der Waals surface area contributed by atoms with Crippen molar-refractivity contribution < 1.29 is 24.2 Å². The van der Waals surface area contributed by atoms with Crippen LogP contribution in [-0.4, -0.2) is 28.1 Å². The average molecular weight is 253 g/mol. The van der Waals surface area contributed by atoms with Crippen LogP contribution >= 0.6 is 0 Å². The van der Waals surface area contributed by atoms with E-state index in [1.54, 1.807) is 0 Å². The lowest BCUT2D eigenvalue weighted by molar-refractivity contribution is -0.139. The molecule has 2 rings (SSSR count). The fourth-order valence-corrected chi connectivity index (χ4v) is 1.72. The topological polar surface area (TPSA) is 86.6 Å². The van der Waals surface area contributed by atoms with E-state index in [0.717, 1.165) is 31.0 Å². The lowest BCUT2D eigenvalue weighted by Gasteiger charge is -2.13. The predicted octanol–water partition coefficient (Wildman–Crippen LogP) is 1.12. The number of carboxylic acids is 1. The van der Waals surface area contributed by atoms with Crippen LogP contribution < -0.4 is 5.32 Å². The highest BCUT2D eigenvalue weighted by Gasteiger charge is 2.37. The molecular formula is C12H12FNO4. The molecule has 0 saturated heterocycles. The van der Waals surface area contributed by atoms with Crippen LogP contribution in [0.5, 0.6) is 5.75 Å². The lowest BCUT2D eigenvalue weighted by atomic mass is 10.1. The maximum Gasteiger partial charge on any atom is 0.326 e. The average Bonchev–Trinajstić information content (AvgIpc) is 3.12. The van der Waals surface area contributed by atoms with Gasteiger partial charge in [-0.15, -0.1) is 0 Å². The van der Waals surface area contributed by atoms with E-state index in [9.17, 15) is 19.1 Å². The first kappa shape index (κ1) is 12.3. The minimum absolute atomic E-state index is 0.0909. The van der Waals surface area contributed by atoms with Gasteiger partial charge in [0, 0.05) is 0 Å². The Morgan fingerprint density at radius 2 is 2.06 bits per heavy atom. The van der Waals surface area contributed by atoms with Gasteiger partial charge in [0.25, 0.3) is 5.91 Å². The molecule has 18 heavy (non-hydrogen) atoms. The van der Waals surface area contributed by atoms with Gasteiger partial charge < -0.3 is 15.5 Å². The number of benzene rings is 1. The van der Waals surface area contributed by atoms with Crippen LogP contribution in [0.15, 0.2) is 18.2 Å². The molecule has 0 aliphatic heterocycles. The number of carbonyl (C=O) groups is 2. The van der Waals surface area contributed by atoms with Crippen LogP contribution in [0.4, 0.5) is 4.39 Å². The fourth-order valence-electron chi connectivity index (χ4n) is 1.72. The van der Waals surface area contributed by atoms with Gasteiger partial charge in [-0.05, 0) is 37.0 Å². The number of hydrogen-bond donors (Lipinski definition) is 3. The normalized spacial score (nSPS) is 16.1. The number of rotatable bonds is 4. The predicted molar refractivity (Wildman–Crippen MR) is 59.7 cm³/mol. The summed E-state index contributed by atoms with van der Waals surface area (Å²) in [6.07, 6.45) is 1.47. The van der Waals surface area contributed by atoms with Crippen molar-refractivity contribution in [1.82, 2.24) is 5.32 Å². The third-order valence-electron chi connectivity index (χ3n) is 2.84. The molecule has 1 atom stereocenters. The monoisotopic (exact) mass is 253 g/mol. The molecule has 0 bridgehead atoms. The van der Waals surface area contributed by atoms with Crippen LogP contribution in [0.2, 0.25) is 0 Å². The molecule has 0 heterocycles. The van der Waals surface area contributed by atoms with Gasteiger partial charge >= 0.3 is 5.97 Å². The highest BCUT2D eigenvalue weighted by atomic mass is 19.1. The summed E-state index contributed by atoms with van der Waals surface area (Å²) in [5.74, 6) is -3.11. The summed E-state index contributed by atoms with van der Waals surface area (Å²) in [7, 11) is 0. The molecule has 1 aromatic rings. The van der Waals surface area contributed by atoms with Gasteiger partial charge in [0.15, 0.2) is 0 Å². The third kappa shape index (κ3) is 2.58. The van der Waals surface area contributed by atoms with Gasteiger partial charge in [-0.1, -0.05) is 0 Å². The van der Waals surface area contributed by atoms with Crippen molar-refractivity contribution in [3.05, 3.63) is 29.6 Å². The second kappa shape index (κ2) is 4.64. The smallest absolute Gasteiger partial charge is 0.326 e. The largest absolute Gasteiger partial charge is 0.508 e. The number of amides is 1. The standard InChI is InChI=1S/C12H12FNO4/c13-9-4-3-7(15)5-8(9)11(16)14-10(12(17)18)6-1-2-6/h3-6,10,15H,1-2H2,(H,14,16)(H,17,18)/t10-/m0/s1. The molecule has 0 radical (unpaired) electrons. The van der Waals surface area contributed by atoms with Crippen molar-refractivity contribution >= 4 is 11.9 Å². The van der Waals surface area contributed by atoms with Crippen molar-refractivity contribution in [2.24, 2.45) is 5.92 Å². The summed E-state index contributed by atoms with van der Waals surface area (Å²) >= 11 is 0. The highest BCUT2D eigenvalue weighted by molar-refractivity contribution is 5.97. The number of hydrogen-bond acceptors (Lipinski definition) is 3. The number of carbonyl (C=O) groups excluding carboxylic acids is 1. The van der Waals surface area contributed by atoms with E-state index < -0.39 is 23.7 Å². The van der Waals surface area contributed by atoms with Gasteiger partial charge in [0.05, 0.1) is 5.56 Å². The third-order valence-corrected chi connectivity index (χ3v) is 2.84. The Labute approximate surface area is 102 Å². The van der Waals surface area contributed by atoms with Crippen molar-refractivity contribution in [2.75, 3.05) is 0 Å². The summed E-state index contributed by atoms with van der Waals surface area (Å²) in [5.41, 5.74) is -0.359. The summed E-state index contributed by atoms with van der Waals surface area (Å²) in [4.78, 5) is 22.7. The van der Waals surface area contributed by atoms with E-state index in [2.05, 4.69) is 5.32 Å². The molecule has 0 aromatic heterocycles. The second-order valence-corrected chi connectivity index (χ2v) is 4.29. The molecule has 0 spiro atoms. The van der Waals surface area contributed by atoms with Crippen molar-refractivity contribution in [2.45, 2.75) is 18.9 Å². The number of aliphatic carboxylic acids is 1. The molecule has 5 nitrogen and oxygen atoms in total. The fraction of sp³-hybridized carbons (Fsp3) is 0.333. The van der Waals surface area contributed by atoms with E-state index in [-0.39, 0.29) is 17.2 Å². The Morgan fingerprint density at radius 3 is 2.61 bits per heavy atom. The van der Waals surface area contributed by atoms with Crippen LogP contribution in [0.3, 0.4) is 0 Å². The number of halogens is 1. The highest BCUT2D eigenvalue weighted by Crippen LogP contribution is 2.33. The molecule has 6 heteroatoms. The molecule has 1 amide bonds. The Bertz CT molecular complexity index is 499. The first-order valence-electron chi connectivity index (χ1n) is 5.51. The number of carboxylic acid groups (broad SMARTS) is 1. The minimum atomic E-state index is -1.13. The maximum absolute atomic E-state index is 13.4. The number of phenolic OH excluding ortho intramolecular Hbond substituents is 1. The van der Waals surface area contributed by atoms with Gasteiger partial charge in [0.1, 0.15) is 17.6 Å².